The molecule has 1 aromatic carbocycles. The van der Waals surface area contributed by atoms with Crippen LogP contribution in [0, 0.1) is 5.92 Å². The number of rotatable bonds is 3. The minimum atomic E-state index is -0.0682. The number of nitrogens with one attached hydrogen (secondary N) is 1. The van der Waals surface area contributed by atoms with Gasteiger partial charge in [0.25, 0.3) is 5.91 Å². The first kappa shape index (κ1) is 16.2. The maximum Gasteiger partial charge on any atom is 0.272 e. The van der Waals surface area contributed by atoms with Crippen molar-refractivity contribution in [2.24, 2.45) is 5.92 Å². The van der Waals surface area contributed by atoms with Gasteiger partial charge in [-0.3, -0.25) is 14.7 Å². The summed E-state index contributed by atoms with van der Waals surface area (Å²) >= 11 is 0. The van der Waals surface area contributed by atoms with Gasteiger partial charge in [0.15, 0.2) is 0 Å². The third kappa shape index (κ3) is 3.32. The summed E-state index contributed by atoms with van der Waals surface area (Å²) in [4.78, 5) is 28.2. The van der Waals surface area contributed by atoms with Gasteiger partial charge in [-0.05, 0) is 6.07 Å². The van der Waals surface area contributed by atoms with Gasteiger partial charge in [0.1, 0.15) is 5.69 Å². The van der Waals surface area contributed by atoms with E-state index in [4.69, 9.17) is 0 Å². The van der Waals surface area contributed by atoms with Crippen LogP contribution in [0.2, 0.25) is 0 Å². The van der Waals surface area contributed by atoms with Crippen molar-refractivity contribution in [2.75, 3.05) is 26.2 Å². The molecule has 6 nitrogen and oxygen atoms in total. The third-order valence-corrected chi connectivity index (χ3v) is 4.25. The molecule has 24 heavy (non-hydrogen) atoms. The lowest BCUT2D eigenvalue weighted by Crippen LogP contribution is -2.51. The minimum Gasteiger partial charge on any atom is -0.339 e. The lowest BCUT2D eigenvalue weighted by molar-refractivity contribution is -0.135. The average molecular weight is 326 g/mol. The van der Waals surface area contributed by atoms with Crippen molar-refractivity contribution in [3.8, 4) is 11.3 Å². The van der Waals surface area contributed by atoms with E-state index in [-0.39, 0.29) is 17.7 Å². The van der Waals surface area contributed by atoms with Crippen LogP contribution in [0.3, 0.4) is 0 Å². The summed E-state index contributed by atoms with van der Waals surface area (Å²) in [6.07, 6.45) is 0. The zero-order chi connectivity index (χ0) is 17.1. The number of aromatic amines is 1. The Balaban J connectivity index is 1.64. The summed E-state index contributed by atoms with van der Waals surface area (Å²) in [5.41, 5.74) is 2.21. The molecular weight excluding hydrogens is 304 g/mol. The van der Waals surface area contributed by atoms with E-state index in [1.165, 1.54) is 0 Å². The van der Waals surface area contributed by atoms with Gasteiger partial charge in [-0.25, -0.2) is 0 Å². The monoisotopic (exact) mass is 326 g/mol. The van der Waals surface area contributed by atoms with Crippen LogP contribution in [0.5, 0.6) is 0 Å². The number of H-pyrrole nitrogens is 1. The maximum absolute atomic E-state index is 12.6. The first-order valence-electron chi connectivity index (χ1n) is 8.25. The Bertz CT molecular complexity index is 716. The second-order valence-electron chi connectivity index (χ2n) is 6.31. The summed E-state index contributed by atoms with van der Waals surface area (Å²) < 4.78 is 0. The lowest BCUT2D eigenvalue weighted by atomic mass is 10.1. The Labute approximate surface area is 141 Å². The van der Waals surface area contributed by atoms with Crippen LogP contribution in [0.4, 0.5) is 0 Å². The standard InChI is InChI=1S/C18H22N4O2/c1-13(2)17(23)21-8-10-22(11-9-21)18(24)16-12-15(19-20-16)14-6-4-3-5-7-14/h3-7,12-13H,8-11H2,1-2H3,(H,19,20). The number of carbonyl (C=O) groups excluding carboxylic acids is 2. The van der Waals surface area contributed by atoms with Crippen molar-refractivity contribution in [1.82, 2.24) is 20.0 Å². The Morgan fingerprint density at radius 3 is 2.29 bits per heavy atom. The molecule has 1 saturated heterocycles. The molecule has 1 aliphatic rings. The molecule has 1 aromatic heterocycles. The molecule has 2 aromatic rings. The second-order valence-corrected chi connectivity index (χ2v) is 6.31. The molecule has 1 N–H and O–H groups in total. The topological polar surface area (TPSA) is 69.3 Å². The molecule has 0 aliphatic carbocycles. The van der Waals surface area contributed by atoms with E-state index >= 15 is 0 Å². The third-order valence-electron chi connectivity index (χ3n) is 4.25. The number of amides is 2. The fraction of sp³-hybridized carbons (Fsp3) is 0.389. The molecule has 1 fully saturated rings. The van der Waals surface area contributed by atoms with Gasteiger partial charge in [-0.15, -0.1) is 0 Å². The minimum absolute atomic E-state index is 0.00621. The quantitative estimate of drug-likeness (QED) is 0.938. The highest BCUT2D eigenvalue weighted by atomic mass is 16.2. The van der Waals surface area contributed by atoms with E-state index in [9.17, 15) is 9.59 Å². The van der Waals surface area contributed by atoms with Gasteiger partial charge in [0.05, 0.1) is 5.69 Å². The first-order valence-corrected chi connectivity index (χ1v) is 8.25. The predicted octanol–water partition coefficient (Wildman–Crippen LogP) is 2.02. The molecule has 0 unspecified atom stereocenters. The van der Waals surface area contributed by atoms with Crippen LogP contribution in [0.25, 0.3) is 11.3 Å². The Morgan fingerprint density at radius 2 is 1.67 bits per heavy atom. The first-order chi connectivity index (χ1) is 11.6. The SMILES string of the molecule is CC(C)C(=O)N1CCN(C(=O)c2cc(-c3ccccc3)n[nH]2)CC1. The summed E-state index contributed by atoms with van der Waals surface area (Å²) in [5.74, 6) is 0.0737. The van der Waals surface area contributed by atoms with Crippen LogP contribution < -0.4 is 0 Å². The second kappa shape index (κ2) is 6.86. The van der Waals surface area contributed by atoms with Crippen molar-refractivity contribution in [3.63, 3.8) is 0 Å². The maximum atomic E-state index is 12.6. The van der Waals surface area contributed by atoms with Gasteiger partial charge in [0.2, 0.25) is 5.91 Å². The Kier molecular flexibility index (Phi) is 4.64. The zero-order valence-corrected chi connectivity index (χ0v) is 14.0. The number of carbonyl (C=O) groups is 2. The van der Waals surface area contributed by atoms with E-state index in [0.29, 0.717) is 31.9 Å². The molecule has 2 heterocycles. The Morgan fingerprint density at radius 1 is 1.04 bits per heavy atom. The van der Waals surface area contributed by atoms with Crippen molar-refractivity contribution in [3.05, 3.63) is 42.1 Å². The molecule has 6 heteroatoms. The number of hydrogen-bond donors (Lipinski definition) is 1. The van der Waals surface area contributed by atoms with E-state index in [0.717, 1.165) is 11.3 Å². The summed E-state index contributed by atoms with van der Waals surface area (Å²) in [6, 6.07) is 11.5. The fourth-order valence-corrected chi connectivity index (χ4v) is 2.85. The highest BCUT2D eigenvalue weighted by molar-refractivity contribution is 5.93. The lowest BCUT2D eigenvalue weighted by Gasteiger charge is -2.35. The number of piperazine rings is 1. The molecule has 0 atom stereocenters. The van der Waals surface area contributed by atoms with Gasteiger partial charge in [-0.2, -0.15) is 5.10 Å². The summed E-state index contributed by atoms with van der Waals surface area (Å²) in [7, 11) is 0. The number of nitrogens with zero attached hydrogens (tertiary/aromatic N) is 3. The zero-order valence-electron chi connectivity index (χ0n) is 14.0. The molecule has 0 saturated carbocycles. The van der Waals surface area contributed by atoms with E-state index in [1.54, 1.807) is 11.0 Å². The number of aromatic nitrogens is 2. The van der Waals surface area contributed by atoms with Crippen molar-refractivity contribution in [2.45, 2.75) is 13.8 Å². The smallest absolute Gasteiger partial charge is 0.272 e. The van der Waals surface area contributed by atoms with Crippen molar-refractivity contribution in [1.29, 1.82) is 0 Å². The molecular formula is C18H22N4O2. The fourth-order valence-electron chi connectivity index (χ4n) is 2.85. The molecule has 126 valence electrons. The average Bonchev–Trinajstić information content (AvgIpc) is 3.11. The van der Waals surface area contributed by atoms with Gasteiger partial charge >= 0.3 is 0 Å². The van der Waals surface area contributed by atoms with Gasteiger partial charge in [0, 0.05) is 37.7 Å². The van der Waals surface area contributed by atoms with Crippen LogP contribution in [0.1, 0.15) is 24.3 Å². The number of hydrogen-bond acceptors (Lipinski definition) is 3. The van der Waals surface area contributed by atoms with Crippen molar-refractivity contribution < 1.29 is 9.59 Å². The molecule has 0 bridgehead atoms. The van der Waals surface area contributed by atoms with Crippen molar-refractivity contribution >= 4 is 11.8 Å². The van der Waals surface area contributed by atoms with Gasteiger partial charge < -0.3 is 9.80 Å². The highest BCUT2D eigenvalue weighted by Crippen LogP contribution is 2.18. The van der Waals surface area contributed by atoms with E-state index in [2.05, 4.69) is 10.2 Å². The van der Waals surface area contributed by atoms with Gasteiger partial charge in [-0.1, -0.05) is 44.2 Å². The highest BCUT2D eigenvalue weighted by Gasteiger charge is 2.26. The molecule has 2 amide bonds. The van der Waals surface area contributed by atoms with E-state index < -0.39 is 0 Å². The van der Waals surface area contributed by atoms with Crippen LogP contribution in [0.15, 0.2) is 36.4 Å². The van der Waals surface area contributed by atoms with E-state index in [1.807, 2.05) is 49.1 Å². The Hall–Kier alpha value is -2.63. The predicted molar refractivity (Wildman–Crippen MR) is 91.3 cm³/mol. The van der Waals surface area contributed by atoms with Crippen LogP contribution in [-0.4, -0.2) is 58.0 Å². The number of benzene rings is 1. The molecule has 3 rings (SSSR count). The normalized spacial score (nSPS) is 15.0. The largest absolute Gasteiger partial charge is 0.339 e. The molecule has 0 radical (unpaired) electrons. The van der Waals surface area contributed by atoms with Crippen LogP contribution in [-0.2, 0) is 4.79 Å². The van der Waals surface area contributed by atoms with Crippen LogP contribution >= 0.6 is 0 Å². The molecule has 1 aliphatic heterocycles. The summed E-state index contributed by atoms with van der Waals surface area (Å²) in [6.45, 7) is 6.07. The molecule has 0 spiro atoms. The summed E-state index contributed by atoms with van der Waals surface area (Å²) in [5, 5.41) is 7.06.